The third-order valence-electron chi connectivity index (χ3n) is 3.72. The van der Waals surface area contributed by atoms with Crippen molar-refractivity contribution in [3.63, 3.8) is 0 Å². The minimum Gasteiger partial charge on any atom is -0.456 e. The van der Waals surface area contributed by atoms with Crippen molar-refractivity contribution in [2.45, 2.75) is 37.1 Å². The van der Waals surface area contributed by atoms with E-state index in [9.17, 15) is 9.59 Å². The number of esters is 1. The van der Waals surface area contributed by atoms with Crippen molar-refractivity contribution in [1.82, 2.24) is 19.5 Å². The summed E-state index contributed by atoms with van der Waals surface area (Å²) in [5.41, 5.74) is 8.61. The summed E-state index contributed by atoms with van der Waals surface area (Å²) in [6, 6.07) is 0. The number of halogens is 1. The van der Waals surface area contributed by atoms with Crippen molar-refractivity contribution in [1.29, 1.82) is 0 Å². The van der Waals surface area contributed by atoms with Crippen LogP contribution in [0.25, 0.3) is 21.6 Å². The van der Waals surface area contributed by atoms with Crippen LogP contribution in [0.2, 0.25) is 0 Å². The quantitative estimate of drug-likeness (QED) is 0.263. The van der Waals surface area contributed by atoms with Crippen LogP contribution in [0, 0.1) is 6.92 Å². The zero-order chi connectivity index (χ0) is 18.1. The smallest absolute Gasteiger partial charge is 0.303 e. The maximum atomic E-state index is 12.0. The van der Waals surface area contributed by atoms with Crippen molar-refractivity contribution >= 4 is 33.1 Å². The first-order valence-corrected chi connectivity index (χ1v) is 8.25. The second-order valence-corrected chi connectivity index (χ2v) is 6.53. The van der Waals surface area contributed by atoms with Gasteiger partial charge in [-0.05, 0) is 12.5 Å². The molecule has 2 aromatic rings. The van der Waals surface area contributed by atoms with Crippen LogP contribution >= 0.6 is 15.9 Å². The highest BCUT2D eigenvalue weighted by atomic mass is 79.9. The van der Waals surface area contributed by atoms with E-state index in [0.29, 0.717) is 11.5 Å². The fraction of sp³-hybridized carbons (Fsp3) is 0.538. The van der Waals surface area contributed by atoms with Crippen LogP contribution in [0.5, 0.6) is 0 Å². The predicted octanol–water partition coefficient (Wildman–Crippen LogP) is 1.33. The SMILES string of the molecule is CC(=O)O[C@H]1C(Br)[C@@H](CN=[N+]=[N-])O[C@H]1n1cnc2c(=O)[nH]c(C)nc21. The van der Waals surface area contributed by atoms with Crippen LogP contribution in [-0.4, -0.2) is 49.1 Å². The lowest BCUT2D eigenvalue weighted by atomic mass is 10.2. The van der Waals surface area contributed by atoms with Gasteiger partial charge in [-0.3, -0.25) is 14.2 Å². The summed E-state index contributed by atoms with van der Waals surface area (Å²) < 4.78 is 12.8. The summed E-state index contributed by atoms with van der Waals surface area (Å²) in [7, 11) is 0. The third kappa shape index (κ3) is 3.23. The van der Waals surface area contributed by atoms with Gasteiger partial charge < -0.3 is 14.5 Å². The van der Waals surface area contributed by atoms with E-state index in [4.69, 9.17) is 15.0 Å². The second kappa shape index (κ2) is 6.82. The van der Waals surface area contributed by atoms with Gasteiger partial charge in [0.25, 0.3) is 5.56 Å². The Morgan fingerprint density at radius 3 is 3.08 bits per heavy atom. The van der Waals surface area contributed by atoms with Crippen molar-refractivity contribution in [3.05, 3.63) is 32.9 Å². The third-order valence-corrected chi connectivity index (χ3v) is 4.83. The van der Waals surface area contributed by atoms with Crippen molar-refractivity contribution < 1.29 is 14.3 Å². The van der Waals surface area contributed by atoms with E-state index in [-0.39, 0.29) is 17.6 Å². The Hall–Kier alpha value is -2.43. The zero-order valence-corrected chi connectivity index (χ0v) is 14.9. The summed E-state index contributed by atoms with van der Waals surface area (Å²) in [4.78, 5) is 36.7. The molecule has 1 saturated heterocycles. The van der Waals surface area contributed by atoms with Crippen LogP contribution in [0.3, 0.4) is 0 Å². The molecule has 1 unspecified atom stereocenters. The van der Waals surface area contributed by atoms with Gasteiger partial charge in [-0.25, -0.2) is 9.97 Å². The monoisotopic (exact) mass is 411 g/mol. The largest absolute Gasteiger partial charge is 0.456 e. The molecule has 0 spiro atoms. The number of imidazole rings is 1. The molecule has 0 aromatic carbocycles. The van der Waals surface area contributed by atoms with E-state index < -0.39 is 29.2 Å². The average molecular weight is 412 g/mol. The Labute approximate surface area is 149 Å². The number of fused-ring (bicyclic) bond motifs is 1. The van der Waals surface area contributed by atoms with Crippen LogP contribution in [0.1, 0.15) is 19.0 Å². The van der Waals surface area contributed by atoms with E-state index in [0.717, 1.165) is 0 Å². The van der Waals surface area contributed by atoms with E-state index in [2.05, 4.69) is 40.9 Å². The molecule has 1 aliphatic heterocycles. The van der Waals surface area contributed by atoms with Gasteiger partial charge in [0.1, 0.15) is 5.82 Å². The first-order chi connectivity index (χ1) is 11.9. The molecule has 0 radical (unpaired) electrons. The van der Waals surface area contributed by atoms with Crippen molar-refractivity contribution in [2.24, 2.45) is 5.11 Å². The fourth-order valence-corrected chi connectivity index (χ4v) is 3.38. The second-order valence-electron chi connectivity index (χ2n) is 5.47. The highest BCUT2D eigenvalue weighted by Crippen LogP contribution is 2.37. The summed E-state index contributed by atoms with van der Waals surface area (Å²) in [6.07, 6.45) is -0.602. The molecule has 1 fully saturated rings. The Bertz CT molecular complexity index is 919. The first-order valence-electron chi connectivity index (χ1n) is 7.33. The number of aromatic nitrogens is 4. The van der Waals surface area contributed by atoms with Gasteiger partial charge in [0, 0.05) is 11.8 Å². The molecule has 132 valence electrons. The van der Waals surface area contributed by atoms with Crippen LogP contribution < -0.4 is 5.56 Å². The molecule has 12 heteroatoms. The molecule has 0 amide bonds. The molecule has 0 aliphatic carbocycles. The Morgan fingerprint density at radius 1 is 1.64 bits per heavy atom. The number of nitrogens with zero attached hydrogens (tertiary/aromatic N) is 6. The number of aromatic amines is 1. The predicted molar refractivity (Wildman–Crippen MR) is 89.1 cm³/mol. The van der Waals surface area contributed by atoms with Gasteiger partial charge in [0.15, 0.2) is 23.5 Å². The minimum atomic E-state index is -0.772. The molecular weight excluding hydrogens is 398 g/mol. The van der Waals surface area contributed by atoms with Gasteiger partial charge >= 0.3 is 5.97 Å². The van der Waals surface area contributed by atoms with E-state index in [1.165, 1.54) is 17.8 Å². The molecule has 3 rings (SSSR count). The number of alkyl halides is 1. The minimum absolute atomic E-state index is 0.0559. The first kappa shape index (κ1) is 17.4. The molecule has 11 nitrogen and oxygen atoms in total. The van der Waals surface area contributed by atoms with Crippen LogP contribution in [-0.2, 0) is 14.3 Å². The summed E-state index contributed by atoms with van der Waals surface area (Å²) >= 11 is 3.44. The van der Waals surface area contributed by atoms with E-state index >= 15 is 0 Å². The fourth-order valence-electron chi connectivity index (χ4n) is 2.72. The number of nitrogens with one attached hydrogen (secondary N) is 1. The summed E-state index contributed by atoms with van der Waals surface area (Å²) in [5, 5.41) is 3.51. The van der Waals surface area contributed by atoms with Crippen LogP contribution in [0.15, 0.2) is 16.2 Å². The highest BCUT2D eigenvalue weighted by Gasteiger charge is 2.46. The van der Waals surface area contributed by atoms with Gasteiger partial charge in [0.05, 0.1) is 23.8 Å². The van der Waals surface area contributed by atoms with Gasteiger partial charge in [-0.15, -0.1) is 0 Å². The van der Waals surface area contributed by atoms with E-state index in [1.54, 1.807) is 6.92 Å². The summed E-state index contributed by atoms with van der Waals surface area (Å²) in [6.45, 7) is 2.99. The summed E-state index contributed by atoms with van der Waals surface area (Å²) in [5.74, 6) is -0.0683. The number of carbonyl (C=O) groups excluding carboxylic acids is 1. The maximum absolute atomic E-state index is 12.0. The average Bonchev–Trinajstić information content (AvgIpc) is 3.08. The molecule has 2 aromatic heterocycles. The molecular formula is C13H14BrN7O4. The lowest BCUT2D eigenvalue weighted by Gasteiger charge is -2.21. The Morgan fingerprint density at radius 2 is 2.40 bits per heavy atom. The molecule has 1 aliphatic rings. The lowest BCUT2D eigenvalue weighted by Crippen LogP contribution is -2.32. The molecule has 3 heterocycles. The van der Waals surface area contributed by atoms with Gasteiger partial charge in [0.2, 0.25) is 0 Å². The molecule has 4 atom stereocenters. The molecule has 25 heavy (non-hydrogen) atoms. The molecule has 1 N–H and O–H groups in total. The lowest BCUT2D eigenvalue weighted by molar-refractivity contribution is -0.151. The van der Waals surface area contributed by atoms with Gasteiger partial charge in [-0.1, -0.05) is 21.0 Å². The number of rotatable bonds is 4. The van der Waals surface area contributed by atoms with Crippen molar-refractivity contribution in [3.8, 4) is 0 Å². The molecule has 0 bridgehead atoms. The normalized spacial score (nSPS) is 25.7. The standard InChI is InChI=1S/C13H14BrN7O4/c1-5-18-11-9(12(23)19-5)16-4-21(11)13-10(24-6(2)22)8(14)7(25-13)3-17-20-15/h4,7-8,10,13H,3H2,1-2H3,(H,18,19,23)/t7-,8?,10+,13-/m1/s1. The highest BCUT2D eigenvalue weighted by molar-refractivity contribution is 9.09. The van der Waals surface area contributed by atoms with Gasteiger partial charge in [-0.2, -0.15) is 0 Å². The number of hydrogen-bond donors (Lipinski definition) is 1. The number of H-pyrrole nitrogens is 1. The zero-order valence-electron chi connectivity index (χ0n) is 13.3. The number of hydrogen-bond acceptors (Lipinski definition) is 7. The number of carbonyl (C=O) groups is 1. The Kier molecular flexibility index (Phi) is 4.75. The number of azide groups is 1. The number of ether oxygens (including phenoxy) is 2. The molecule has 0 saturated carbocycles. The number of aryl methyl sites for hydroxylation is 1. The van der Waals surface area contributed by atoms with Crippen molar-refractivity contribution in [2.75, 3.05) is 6.54 Å². The Balaban J connectivity index is 2.05. The van der Waals surface area contributed by atoms with E-state index in [1.807, 2.05) is 0 Å². The maximum Gasteiger partial charge on any atom is 0.303 e. The topological polar surface area (TPSA) is 148 Å². The van der Waals surface area contributed by atoms with Crippen LogP contribution in [0.4, 0.5) is 0 Å².